The van der Waals surface area contributed by atoms with Gasteiger partial charge in [0.05, 0.1) is 12.7 Å². The van der Waals surface area contributed by atoms with E-state index in [1.54, 1.807) is 0 Å². The van der Waals surface area contributed by atoms with E-state index in [0.29, 0.717) is 11.6 Å². The van der Waals surface area contributed by atoms with E-state index in [1.165, 1.54) is 38.9 Å². The molecule has 1 aliphatic carbocycles. The van der Waals surface area contributed by atoms with Crippen molar-refractivity contribution in [2.24, 2.45) is 5.92 Å². The molecule has 0 aromatic rings. The second-order valence-corrected chi connectivity index (χ2v) is 6.17. The third kappa shape index (κ3) is 3.94. The lowest BCUT2D eigenvalue weighted by atomic mass is 9.95. The Hall–Kier alpha value is -0.120. The predicted octanol–water partition coefficient (Wildman–Crippen LogP) is 1.88. The van der Waals surface area contributed by atoms with Gasteiger partial charge in [0.2, 0.25) is 0 Å². The van der Waals surface area contributed by atoms with E-state index in [-0.39, 0.29) is 0 Å². The first-order chi connectivity index (χ1) is 8.10. The zero-order chi connectivity index (χ0) is 12.3. The quantitative estimate of drug-likeness (QED) is 0.794. The fourth-order valence-corrected chi connectivity index (χ4v) is 2.88. The van der Waals surface area contributed by atoms with Gasteiger partial charge >= 0.3 is 0 Å². The molecule has 0 bridgehead atoms. The Kier molecular flexibility index (Phi) is 4.45. The van der Waals surface area contributed by atoms with Gasteiger partial charge in [0, 0.05) is 18.6 Å². The fourth-order valence-electron chi connectivity index (χ4n) is 2.88. The summed E-state index contributed by atoms with van der Waals surface area (Å²) in [5.74, 6) is 0.911. The molecule has 1 atom stereocenters. The summed E-state index contributed by atoms with van der Waals surface area (Å²) in [4.78, 5) is 2.58. The lowest BCUT2D eigenvalue weighted by Crippen LogP contribution is -2.51. The molecule has 3 nitrogen and oxygen atoms in total. The second kappa shape index (κ2) is 5.68. The van der Waals surface area contributed by atoms with Gasteiger partial charge in [0.25, 0.3) is 0 Å². The van der Waals surface area contributed by atoms with Crippen LogP contribution in [0.4, 0.5) is 0 Å². The highest BCUT2D eigenvalue weighted by atomic mass is 16.5. The summed E-state index contributed by atoms with van der Waals surface area (Å²) in [5.41, 5.74) is 0.355. The maximum atomic E-state index is 5.67. The van der Waals surface area contributed by atoms with Crippen molar-refractivity contribution in [1.29, 1.82) is 0 Å². The van der Waals surface area contributed by atoms with E-state index < -0.39 is 0 Å². The first-order valence-electron chi connectivity index (χ1n) is 7.19. The van der Waals surface area contributed by atoms with Crippen LogP contribution in [0.3, 0.4) is 0 Å². The lowest BCUT2D eigenvalue weighted by molar-refractivity contribution is 0.0546. The lowest BCUT2D eigenvalue weighted by Gasteiger charge is -2.34. The number of nitrogens with one attached hydrogen (secondary N) is 1. The maximum Gasteiger partial charge on any atom is 0.0596 e. The van der Waals surface area contributed by atoms with Gasteiger partial charge in [-0.05, 0) is 59.0 Å². The molecule has 0 aromatic heterocycles. The van der Waals surface area contributed by atoms with Gasteiger partial charge in [-0.3, -0.25) is 4.90 Å². The minimum absolute atomic E-state index is 0.355. The average Bonchev–Trinajstić information content (AvgIpc) is 3.04. The molecule has 2 rings (SSSR count). The maximum absolute atomic E-state index is 5.67. The van der Waals surface area contributed by atoms with E-state index in [2.05, 4.69) is 31.0 Å². The molecule has 1 aliphatic heterocycles. The Bertz CT molecular complexity index is 240. The molecule has 2 aliphatic rings. The number of ether oxygens (including phenoxy) is 1. The van der Waals surface area contributed by atoms with Crippen LogP contribution < -0.4 is 5.32 Å². The minimum atomic E-state index is 0.355. The zero-order valence-electron chi connectivity index (χ0n) is 11.7. The van der Waals surface area contributed by atoms with Gasteiger partial charge in [-0.2, -0.15) is 0 Å². The fraction of sp³-hybridized carbons (Fsp3) is 1.00. The van der Waals surface area contributed by atoms with Gasteiger partial charge in [0.1, 0.15) is 0 Å². The van der Waals surface area contributed by atoms with Crippen LogP contribution in [0, 0.1) is 5.92 Å². The van der Waals surface area contributed by atoms with Gasteiger partial charge in [-0.1, -0.05) is 0 Å². The summed E-state index contributed by atoms with van der Waals surface area (Å²) in [6, 6.07) is 0. The molecule has 1 heterocycles. The highest BCUT2D eigenvalue weighted by Gasteiger charge is 2.42. The molecule has 0 radical (unpaired) electrons. The molecule has 2 fully saturated rings. The van der Waals surface area contributed by atoms with Crippen molar-refractivity contribution >= 4 is 0 Å². The Balaban J connectivity index is 1.80. The Labute approximate surface area is 106 Å². The molecule has 0 spiro atoms. The van der Waals surface area contributed by atoms with Crippen LogP contribution in [0.5, 0.6) is 0 Å². The van der Waals surface area contributed by atoms with Crippen LogP contribution in [0.2, 0.25) is 0 Å². The van der Waals surface area contributed by atoms with Gasteiger partial charge in [-0.15, -0.1) is 0 Å². The van der Waals surface area contributed by atoms with Crippen LogP contribution in [0.1, 0.15) is 40.0 Å². The molecule has 1 N–H and O–H groups in total. The van der Waals surface area contributed by atoms with E-state index in [0.717, 1.165) is 19.1 Å². The summed E-state index contributed by atoms with van der Waals surface area (Å²) in [7, 11) is 0. The average molecular weight is 240 g/mol. The summed E-state index contributed by atoms with van der Waals surface area (Å²) >= 11 is 0. The Morgan fingerprint density at radius 3 is 2.82 bits per heavy atom. The summed E-state index contributed by atoms with van der Waals surface area (Å²) in [6.07, 6.45) is 4.46. The monoisotopic (exact) mass is 240 g/mol. The van der Waals surface area contributed by atoms with Gasteiger partial charge in [0.15, 0.2) is 0 Å². The predicted molar refractivity (Wildman–Crippen MR) is 71.3 cm³/mol. The van der Waals surface area contributed by atoms with Crippen LogP contribution in [-0.4, -0.2) is 49.3 Å². The normalized spacial score (nSPS) is 31.8. The van der Waals surface area contributed by atoms with Crippen molar-refractivity contribution in [2.45, 2.75) is 51.7 Å². The molecule has 0 amide bonds. The van der Waals surface area contributed by atoms with E-state index in [1.807, 2.05) is 0 Å². The Morgan fingerprint density at radius 2 is 2.18 bits per heavy atom. The van der Waals surface area contributed by atoms with E-state index in [9.17, 15) is 0 Å². The van der Waals surface area contributed by atoms with Crippen molar-refractivity contribution < 1.29 is 4.74 Å². The first kappa shape index (κ1) is 13.3. The molecule has 1 saturated heterocycles. The molecular formula is C14H28N2O. The van der Waals surface area contributed by atoms with Crippen LogP contribution in [-0.2, 0) is 4.74 Å². The van der Waals surface area contributed by atoms with E-state index in [4.69, 9.17) is 4.74 Å². The highest BCUT2D eigenvalue weighted by Crippen LogP contribution is 2.40. The third-order valence-electron chi connectivity index (χ3n) is 4.07. The van der Waals surface area contributed by atoms with Crippen molar-refractivity contribution in [1.82, 2.24) is 10.2 Å². The van der Waals surface area contributed by atoms with Crippen molar-refractivity contribution in [3.8, 4) is 0 Å². The minimum Gasteiger partial charge on any atom is -0.377 e. The molecule has 17 heavy (non-hydrogen) atoms. The number of hydrogen-bond donors (Lipinski definition) is 1. The van der Waals surface area contributed by atoms with Crippen LogP contribution in [0.15, 0.2) is 0 Å². The number of rotatable bonds is 5. The highest BCUT2D eigenvalue weighted by molar-refractivity contribution is 5.00. The standard InChI is InChI=1S/C14H28N2O/c1-12(2)17-10-9-16-8-4-7-15-14(3,11-16)13-5-6-13/h12-13,15H,4-11H2,1-3H3. The van der Waals surface area contributed by atoms with Crippen molar-refractivity contribution in [2.75, 3.05) is 32.8 Å². The largest absolute Gasteiger partial charge is 0.377 e. The van der Waals surface area contributed by atoms with E-state index >= 15 is 0 Å². The summed E-state index contributed by atoms with van der Waals surface area (Å²) < 4.78 is 5.67. The van der Waals surface area contributed by atoms with Gasteiger partial charge in [-0.25, -0.2) is 0 Å². The summed E-state index contributed by atoms with van der Waals surface area (Å²) in [6.45, 7) is 12.2. The molecular weight excluding hydrogens is 212 g/mol. The molecule has 100 valence electrons. The van der Waals surface area contributed by atoms with Crippen molar-refractivity contribution in [3.63, 3.8) is 0 Å². The first-order valence-corrected chi connectivity index (χ1v) is 7.19. The van der Waals surface area contributed by atoms with Crippen LogP contribution in [0.25, 0.3) is 0 Å². The molecule has 1 saturated carbocycles. The SMILES string of the molecule is CC(C)OCCN1CCCNC(C)(C2CC2)C1. The van der Waals surface area contributed by atoms with Crippen LogP contribution >= 0.6 is 0 Å². The smallest absolute Gasteiger partial charge is 0.0596 e. The third-order valence-corrected chi connectivity index (χ3v) is 4.07. The number of hydrogen-bond acceptors (Lipinski definition) is 3. The van der Waals surface area contributed by atoms with Gasteiger partial charge < -0.3 is 10.1 Å². The molecule has 1 unspecified atom stereocenters. The molecule has 3 heteroatoms. The Morgan fingerprint density at radius 1 is 1.41 bits per heavy atom. The number of nitrogens with zero attached hydrogens (tertiary/aromatic N) is 1. The molecule has 0 aromatic carbocycles. The topological polar surface area (TPSA) is 24.5 Å². The zero-order valence-corrected chi connectivity index (χ0v) is 11.7. The second-order valence-electron chi connectivity index (χ2n) is 6.17. The van der Waals surface area contributed by atoms with Crippen molar-refractivity contribution in [3.05, 3.63) is 0 Å². The summed E-state index contributed by atoms with van der Waals surface area (Å²) in [5, 5.41) is 3.77.